The van der Waals surface area contributed by atoms with Crippen molar-refractivity contribution < 1.29 is 8.78 Å². The van der Waals surface area contributed by atoms with Crippen molar-refractivity contribution in [1.82, 2.24) is 10.3 Å². The lowest BCUT2D eigenvalue weighted by Gasteiger charge is -2.17. The molecule has 0 fully saturated rings. The number of benzene rings is 1. The van der Waals surface area contributed by atoms with Gasteiger partial charge in [0.2, 0.25) is 0 Å². The number of rotatable bonds is 5. The summed E-state index contributed by atoms with van der Waals surface area (Å²) in [5.74, 6) is -0.855. The van der Waals surface area contributed by atoms with Gasteiger partial charge in [0.1, 0.15) is 16.6 Å². The highest BCUT2D eigenvalue weighted by molar-refractivity contribution is 7.09. The molecular formula is C13H14F2N2S. The molecule has 0 bridgehead atoms. The topological polar surface area (TPSA) is 24.9 Å². The smallest absolute Gasteiger partial charge is 0.128 e. The molecule has 0 aliphatic carbocycles. The van der Waals surface area contributed by atoms with Crippen LogP contribution in [0.15, 0.2) is 29.8 Å². The molecule has 1 N–H and O–H groups in total. The Bertz CT molecular complexity index is 500. The summed E-state index contributed by atoms with van der Waals surface area (Å²) in [6.07, 6.45) is 2.58. The second kappa shape index (κ2) is 6.02. The van der Waals surface area contributed by atoms with E-state index in [1.54, 1.807) is 6.20 Å². The second-order valence-electron chi connectivity index (χ2n) is 3.92. The van der Waals surface area contributed by atoms with Gasteiger partial charge in [-0.1, -0.05) is 6.92 Å². The molecule has 1 aromatic carbocycles. The highest BCUT2D eigenvalue weighted by Crippen LogP contribution is 2.26. The number of hydrogen-bond donors (Lipinski definition) is 1. The van der Waals surface area contributed by atoms with Crippen LogP contribution in [0.2, 0.25) is 0 Å². The molecule has 1 heterocycles. The van der Waals surface area contributed by atoms with Crippen molar-refractivity contribution >= 4 is 11.3 Å². The Morgan fingerprint density at radius 1 is 1.39 bits per heavy atom. The number of hydrogen-bond acceptors (Lipinski definition) is 3. The highest BCUT2D eigenvalue weighted by atomic mass is 32.1. The van der Waals surface area contributed by atoms with Crippen LogP contribution in [0.5, 0.6) is 0 Å². The van der Waals surface area contributed by atoms with Gasteiger partial charge in [-0.2, -0.15) is 0 Å². The minimum atomic E-state index is -0.439. The summed E-state index contributed by atoms with van der Waals surface area (Å²) >= 11 is 1.43. The van der Waals surface area contributed by atoms with E-state index in [0.717, 1.165) is 30.1 Å². The summed E-state index contributed by atoms with van der Waals surface area (Å²) in [5.41, 5.74) is 0.304. The van der Waals surface area contributed by atoms with Crippen LogP contribution in [0.25, 0.3) is 0 Å². The average Bonchev–Trinajstić information content (AvgIpc) is 2.88. The normalized spacial score (nSPS) is 12.6. The first-order valence-corrected chi connectivity index (χ1v) is 6.68. The zero-order chi connectivity index (χ0) is 13.0. The molecule has 1 unspecified atom stereocenters. The number of thiazole rings is 1. The van der Waals surface area contributed by atoms with E-state index in [1.165, 1.54) is 17.4 Å². The zero-order valence-corrected chi connectivity index (χ0v) is 10.8. The van der Waals surface area contributed by atoms with Crippen molar-refractivity contribution in [2.24, 2.45) is 0 Å². The molecule has 0 aliphatic heterocycles. The first-order valence-electron chi connectivity index (χ1n) is 5.80. The van der Waals surface area contributed by atoms with Gasteiger partial charge in [-0.3, -0.25) is 0 Å². The minimum Gasteiger partial charge on any atom is -0.304 e. The summed E-state index contributed by atoms with van der Waals surface area (Å²) in [5, 5.41) is 5.77. The van der Waals surface area contributed by atoms with Crippen LogP contribution >= 0.6 is 11.3 Å². The van der Waals surface area contributed by atoms with Gasteiger partial charge in [0.25, 0.3) is 0 Å². The molecule has 0 saturated carbocycles. The van der Waals surface area contributed by atoms with Crippen molar-refractivity contribution in [3.05, 3.63) is 52.0 Å². The van der Waals surface area contributed by atoms with Gasteiger partial charge in [-0.25, -0.2) is 13.8 Å². The lowest BCUT2D eigenvalue weighted by Crippen LogP contribution is -2.24. The van der Waals surface area contributed by atoms with Gasteiger partial charge in [-0.15, -0.1) is 11.3 Å². The Morgan fingerprint density at radius 2 is 2.22 bits per heavy atom. The number of aromatic nitrogens is 1. The molecule has 0 aliphatic rings. The summed E-state index contributed by atoms with van der Waals surface area (Å²) in [6.45, 7) is 2.74. The third-order valence-electron chi connectivity index (χ3n) is 2.57. The molecule has 0 spiro atoms. The molecule has 0 amide bonds. The SMILES string of the molecule is CCCNC(c1nccs1)c1cc(F)ccc1F. The zero-order valence-electron chi connectivity index (χ0n) is 9.99. The molecule has 1 atom stereocenters. The molecule has 96 valence electrons. The first-order chi connectivity index (χ1) is 8.72. The van der Waals surface area contributed by atoms with E-state index in [2.05, 4.69) is 10.3 Å². The lowest BCUT2D eigenvalue weighted by molar-refractivity contribution is 0.534. The molecule has 0 radical (unpaired) electrons. The fourth-order valence-corrected chi connectivity index (χ4v) is 2.46. The van der Waals surface area contributed by atoms with Crippen molar-refractivity contribution in [1.29, 1.82) is 0 Å². The Hall–Kier alpha value is -1.33. The van der Waals surface area contributed by atoms with E-state index in [9.17, 15) is 8.78 Å². The number of halogens is 2. The van der Waals surface area contributed by atoms with Crippen LogP contribution in [0.3, 0.4) is 0 Å². The van der Waals surface area contributed by atoms with Gasteiger partial charge < -0.3 is 5.32 Å². The molecule has 2 aromatic rings. The Labute approximate surface area is 109 Å². The third kappa shape index (κ3) is 2.91. The maximum absolute atomic E-state index is 13.8. The van der Waals surface area contributed by atoms with Gasteiger partial charge in [0.05, 0.1) is 6.04 Å². The van der Waals surface area contributed by atoms with E-state index < -0.39 is 11.6 Å². The molecule has 2 nitrogen and oxygen atoms in total. The van der Waals surface area contributed by atoms with Crippen LogP contribution in [-0.2, 0) is 0 Å². The van der Waals surface area contributed by atoms with Crippen molar-refractivity contribution in [3.63, 3.8) is 0 Å². The van der Waals surface area contributed by atoms with Gasteiger partial charge in [0.15, 0.2) is 0 Å². The predicted molar refractivity (Wildman–Crippen MR) is 68.6 cm³/mol. The number of nitrogens with one attached hydrogen (secondary N) is 1. The van der Waals surface area contributed by atoms with Crippen LogP contribution in [0.4, 0.5) is 8.78 Å². The maximum Gasteiger partial charge on any atom is 0.128 e. The van der Waals surface area contributed by atoms with Gasteiger partial charge >= 0.3 is 0 Å². The van der Waals surface area contributed by atoms with Gasteiger partial charge in [-0.05, 0) is 31.2 Å². The third-order valence-corrected chi connectivity index (χ3v) is 3.41. The van der Waals surface area contributed by atoms with E-state index in [0.29, 0.717) is 5.56 Å². The van der Waals surface area contributed by atoms with E-state index in [1.807, 2.05) is 12.3 Å². The molecule has 2 rings (SSSR count). The monoisotopic (exact) mass is 268 g/mol. The molecule has 1 aromatic heterocycles. The van der Waals surface area contributed by atoms with Crippen molar-refractivity contribution in [2.75, 3.05) is 6.54 Å². The Morgan fingerprint density at radius 3 is 2.89 bits per heavy atom. The van der Waals surface area contributed by atoms with Crippen LogP contribution in [0.1, 0.15) is 30.0 Å². The summed E-state index contributed by atoms with van der Waals surface area (Å²) in [7, 11) is 0. The quantitative estimate of drug-likeness (QED) is 0.897. The highest BCUT2D eigenvalue weighted by Gasteiger charge is 2.20. The minimum absolute atomic E-state index is 0.304. The summed E-state index contributed by atoms with van der Waals surface area (Å²) in [4.78, 5) is 4.18. The molecule has 0 saturated heterocycles. The summed E-state index contributed by atoms with van der Waals surface area (Å²) < 4.78 is 27.1. The Balaban J connectivity index is 2.36. The summed E-state index contributed by atoms with van der Waals surface area (Å²) in [6, 6.07) is 3.11. The van der Waals surface area contributed by atoms with Crippen molar-refractivity contribution in [3.8, 4) is 0 Å². The molecule has 18 heavy (non-hydrogen) atoms. The molecular weight excluding hydrogens is 254 g/mol. The van der Waals surface area contributed by atoms with Gasteiger partial charge in [0, 0.05) is 17.1 Å². The fourth-order valence-electron chi connectivity index (χ4n) is 1.73. The van der Waals surface area contributed by atoms with Crippen LogP contribution in [-0.4, -0.2) is 11.5 Å². The largest absolute Gasteiger partial charge is 0.304 e. The second-order valence-corrected chi connectivity index (χ2v) is 4.85. The average molecular weight is 268 g/mol. The Kier molecular flexibility index (Phi) is 4.38. The van der Waals surface area contributed by atoms with Crippen molar-refractivity contribution in [2.45, 2.75) is 19.4 Å². The van der Waals surface area contributed by atoms with Crippen LogP contribution < -0.4 is 5.32 Å². The lowest BCUT2D eigenvalue weighted by atomic mass is 10.1. The van der Waals surface area contributed by atoms with Crippen LogP contribution in [0, 0.1) is 11.6 Å². The fraction of sp³-hybridized carbons (Fsp3) is 0.308. The maximum atomic E-state index is 13.8. The number of nitrogens with zero attached hydrogens (tertiary/aromatic N) is 1. The standard InChI is InChI=1S/C13H14F2N2S/c1-2-5-16-12(13-17-6-7-18-13)10-8-9(14)3-4-11(10)15/h3-4,6-8,12,16H,2,5H2,1H3. The predicted octanol–water partition coefficient (Wildman–Crippen LogP) is 3.51. The van der Waals surface area contributed by atoms with E-state index in [4.69, 9.17) is 0 Å². The first kappa shape index (κ1) is 13.1. The molecule has 5 heteroatoms. The van der Waals surface area contributed by atoms with E-state index >= 15 is 0 Å². The van der Waals surface area contributed by atoms with E-state index in [-0.39, 0.29) is 6.04 Å².